The summed E-state index contributed by atoms with van der Waals surface area (Å²) in [4.78, 5) is 12.0. The number of benzene rings is 2. The number of halogens is 4. The highest BCUT2D eigenvalue weighted by atomic mass is 35.5. The molecule has 2 aromatic carbocycles. The van der Waals surface area contributed by atoms with E-state index in [0.29, 0.717) is 22.0 Å². The van der Waals surface area contributed by atoms with Crippen molar-refractivity contribution in [2.75, 3.05) is 19.1 Å². The zero-order chi connectivity index (χ0) is 24.5. The molecule has 3 N–H and O–H groups in total. The highest BCUT2D eigenvalue weighted by Crippen LogP contribution is 2.52. The second-order valence-electron chi connectivity index (χ2n) is 6.95. The molecule has 1 heterocycles. The lowest BCUT2D eigenvalue weighted by molar-refractivity contribution is -0.136. The average molecular weight is 502 g/mol. The normalized spacial score (nSPS) is 18.4. The van der Waals surface area contributed by atoms with E-state index in [1.807, 2.05) is 0 Å². The van der Waals surface area contributed by atoms with E-state index in [4.69, 9.17) is 31.9 Å². The number of ether oxygens (including phenoxy) is 2. The molecule has 12 heteroatoms. The molecule has 0 radical (unpaired) electrons. The monoisotopic (exact) mass is 501 g/mol. The van der Waals surface area contributed by atoms with E-state index < -0.39 is 40.7 Å². The number of hydrogen-bond donors (Lipinski definition) is 3. The van der Waals surface area contributed by atoms with Crippen LogP contribution in [-0.2, 0) is 4.79 Å². The van der Waals surface area contributed by atoms with Gasteiger partial charge in [-0.2, -0.15) is 13.2 Å². The van der Waals surface area contributed by atoms with Crippen LogP contribution in [0.4, 0.5) is 18.9 Å². The average Bonchev–Trinajstić information content (AvgIpc) is 2.86. The third-order valence-corrected chi connectivity index (χ3v) is 6.65. The largest absolute Gasteiger partial charge is 0.496 e. The predicted octanol–water partition coefficient (Wildman–Crippen LogP) is 5.36. The number of thioether (sulfide) groups is 1. The number of carboxylic acids is 1. The van der Waals surface area contributed by atoms with E-state index in [1.165, 1.54) is 32.4 Å². The van der Waals surface area contributed by atoms with Gasteiger partial charge in [-0.1, -0.05) is 17.7 Å². The lowest BCUT2D eigenvalue weighted by Crippen LogP contribution is -2.47. The van der Waals surface area contributed by atoms with Crippen molar-refractivity contribution < 1.29 is 32.5 Å². The summed E-state index contributed by atoms with van der Waals surface area (Å²) in [6.07, 6.45) is -5.72. The van der Waals surface area contributed by atoms with Gasteiger partial charge in [0.1, 0.15) is 17.3 Å². The van der Waals surface area contributed by atoms with Gasteiger partial charge in [-0.05, 0) is 35.9 Å². The molecule has 1 aliphatic heterocycles. The Morgan fingerprint density at radius 2 is 1.82 bits per heavy atom. The van der Waals surface area contributed by atoms with Crippen molar-refractivity contribution in [2.45, 2.75) is 23.1 Å². The molecule has 33 heavy (non-hydrogen) atoms. The number of amidine groups is 2. The summed E-state index contributed by atoms with van der Waals surface area (Å²) in [5, 5.41) is 23.8. The summed E-state index contributed by atoms with van der Waals surface area (Å²) < 4.78 is 51.8. The number of methoxy groups -OCH3 is 2. The second-order valence-corrected chi connectivity index (χ2v) is 8.70. The maximum absolute atomic E-state index is 13.6. The number of anilines is 1. The van der Waals surface area contributed by atoms with Crippen molar-refractivity contribution in [2.24, 2.45) is 0 Å². The highest BCUT2D eigenvalue weighted by Gasteiger charge is 2.46. The lowest BCUT2D eigenvalue weighted by Gasteiger charge is -2.28. The number of aliphatic carboxylic acids is 1. The van der Waals surface area contributed by atoms with E-state index in [9.17, 15) is 23.1 Å². The fourth-order valence-electron chi connectivity index (χ4n) is 3.55. The fraction of sp³-hybridized carbons (Fsp3) is 0.286. The molecule has 0 fully saturated rings. The van der Waals surface area contributed by atoms with E-state index in [-0.39, 0.29) is 16.3 Å². The van der Waals surface area contributed by atoms with Crippen LogP contribution in [0.2, 0.25) is 5.02 Å². The van der Waals surface area contributed by atoms with Crippen molar-refractivity contribution >= 4 is 46.7 Å². The van der Waals surface area contributed by atoms with Gasteiger partial charge in [0.25, 0.3) is 0 Å². The van der Waals surface area contributed by atoms with Crippen LogP contribution in [0.1, 0.15) is 22.8 Å². The second kappa shape index (κ2) is 9.52. The maximum Gasteiger partial charge on any atom is 0.449 e. The molecule has 1 aliphatic rings. The minimum atomic E-state index is -5.08. The topological polar surface area (TPSA) is 107 Å². The van der Waals surface area contributed by atoms with E-state index in [1.54, 1.807) is 18.2 Å². The third-order valence-electron chi connectivity index (χ3n) is 4.94. The van der Waals surface area contributed by atoms with Crippen LogP contribution >= 0.6 is 23.4 Å². The van der Waals surface area contributed by atoms with Crippen LogP contribution in [0.25, 0.3) is 0 Å². The molecule has 0 spiro atoms. The Hall–Kier alpha value is -2.92. The van der Waals surface area contributed by atoms with Crippen LogP contribution in [0.15, 0.2) is 36.4 Å². The zero-order valence-electron chi connectivity index (χ0n) is 17.4. The Morgan fingerprint density at radius 3 is 2.33 bits per heavy atom. The number of carbonyl (C=O) groups is 1. The van der Waals surface area contributed by atoms with Gasteiger partial charge in [-0.25, -0.2) is 0 Å². The molecule has 2 aromatic rings. The number of fused-ring (bicyclic) bond motifs is 1. The van der Waals surface area contributed by atoms with Crippen LogP contribution in [-0.4, -0.2) is 48.4 Å². The molecule has 0 aliphatic carbocycles. The van der Waals surface area contributed by atoms with Crippen molar-refractivity contribution in [3.63, 3.8) is 0 Å². The first-order valence-electron chi connectivity index (χ1n) is 9.41. The lowest BCUT2D eigenvalue weighted by atomic mass is 9.99. The molecule has 0 saturated carbocycles. The Balaban J connectivity index is 2.35. The molecule has 0 aromatic heterocycles. The van der Waals surface area contributed by atoms with Crippen LogP contribution < -0.4 is 14.4 Å². The molecule has 2 atom stereocenters. The van der Waals surface area contributed by atoms with Gasteiger partial charge >= 0.3 is 12.1 Å². The summed E-state index contributed by atoms with van der Waals surface area (Å²) >= 11 is 7.14. The number of alkyl halides is 3. The SMILES string of the molecule is COc1cccc(OC)c1[C@H]1S[C@H](CC(=O)O)C(=N)N(C(=N)C(F)(F)F)c2ccc(Cl)cc21. The minimum Gasteiger partial charge on any atom is -0.496 e. The predicted molar refractivity (Wildman–Crippen MR) is 120 cm³/mol. The zero-order valence-corrected chi connectivity index (χ0v) is 18.9. The molecule has 0 unspecified atom stereocenters. The van der Waals surface area contributed by atoms with Crippen molar-refractivity contribution in [3.8, 4) is 11.5 Å². The van der Waals surface area contributed by atoms with Crippen molar-refractivity contribution in [1.29, 1.82) is 10.8 Å². The van der Waals surface area contributed by atoms with Gasteiger partial charge in [0.05, 0.1) is 42.4 Å². The highest BCUT2D eigenvalue weighted by molar-refractivity contribution is 8.01. The number of nitrogens with one attached hydrogen (secondary N) is 2. The summed E-state index contributed by atoms with van der Waals surface area (Å²) in [6, 6.07) is 9.02. The smallest absolute Gasteiger partial charge is 0.449 e. The molecule has 0 saturated heterocycles. The Kier molecular flexibility index (Phi) is 7.13. The summed E-state index contributed by atoms with van der Waals surface area (Å²) in [5.74, 6) is -3.06. The van der Waals surface area contributed by atoms with Crippen molar-refractivity contribution in [1.82, 2.24) is 0 Å². The Morgan fingerprint density at radius 1 is 1.21 bits per heavy atom. The van der Waals surface area contributed by atoms with Gasteiger partial charge < -0.3 is 14.6 Å². The van der Waals surface area contributed by atoms with Gasteiger partial charge in [-0.15, -0.1) is 11.8 Å². The Bertz CT molecular complexity index is 1090. The van der Waals surface area contributed by atoms with Gasteiger partial charge in [0, 0.05) is 5.02 Å². The van der Waals surface area contributed by atoms with E-state index in [0.717, 1.165) is 11.8 Å². The molecule has 176 valence electrons. The van der Waals surface area contributed by atoms with Crippen LogP contribution in [0.5, 0.6) is 11.5 Å². The number of hydrogen-bond acceptors (Lipinski definition) is 6. The molecule has 3 rings (SSSR count). The minimum absolute atomic E-state index is 0.106. The fourth-order valence-corrected chi connectivity index (χ4v) is 5.23. The summed E-state index contributed by atoms with van der Waals surface area (Å²) in [7, 11) is 2.84. The maximum atomic E-state index is 13.6. The number of rotatable bonds is 5. The summed E-state index contributed by atoms with van der Waals surface area (Å²) in [5.41, 5.74) is 0.589. The molecule has 0 amide bonds. The first kappa shape index (κ1) is 24.7. The number of nitrogens with zero attached hydrogens (tertiary/aromatic N) is 1. The first-order valence-corrected chi connectivity index (χ1v) is 10.7. The Labute approximate surface area is 196 Å². The number of carboxylic acid groups (broad SMARTS) is 1. The van der Waals surface area contributed by atoms with E-state index in [2.05, 4.69) is 0 Å². The molecular formula is C21H19ClF3N3O4S. The standard InChI is InChI=1S/C21H19ClF3N3O4S/c1-31-13-4-3-5-14(32-2)17(13)18-11-8-10(22)6-7-12(11)28(20(27)21(23,24)25)19(26)15(33-18)9-16(29)30/h3-8,15,18,26-27H,9H2,1-2H3,(H,29,30)/t15-,18+/m1/s1. The third kappa shape index (κ3) is 4.88. The van der Waals surface area contributed by atoms with Gasteiger partial charge in [0.15, 0.2) is 0 Å². The molecular weight excluding hydrogens is 483 g/mol. The summed E-state index contributed by atoms with van der Waals surface area (Å²) in [6.45, 7) is 0. The van der Waals surface area contributed by atoms with Crippen molar-refractivity contribution in [3.05, 3.63) is 52.5 Å². The molecule has 0 bridgehead atoms. The quantitative estimate of drug-likeness (QED) is 0.376. The van der Waals surface area contributed by atoms with E-state index >= 15 is 0 Å². The first-order chi connectivity index (χ1) is 15.5. The molecule has 7 nitrogen and oxygen atoms in total. The van der Waals surface area contributed by atoms with Gasteiger partial charge in [0.2, 0.25) is 5.84 Å². The van der Waals surface area contributed by atoms with Crippen LogP contribution in [0.3, 0.4) is 0 Å². The van der Waals surface area contributed by atoms with Gasteiger partial charge in [-0.3, -0.25) is 20.5 Å². The van der Waals surface area contributed by atoms with Crippen LogP contribution in [0, 0.1) is 10.8 Å².